The third kappa shape index (κ3) is 6.32. The second-order valence-corrected chi connectivity index (χ2v) is 8.76. The van der Waals surface area contributed by atoms with Crippen molar-refractivity contribution < 1.29 is 19.0 Å². The van der Waals surface area contributed by atoms with Crippen molar-refractivity contribution in [3.63, 3.8) is 0 Å². The highest BCUT2D eigenvalue weighted by atomic mass is 16.6. The number of fused-ring (bicyclic) bond motifs is 1. The van der Waals surface area contributed by atoms with Crippen LogP contribution in [0.3, 0.4) is 0 Å². The molecule has 3 aromatic heterocycles. The van der Waals surface area contributed by atoms with Crippen LogP contribution in [0.5, 0.6) is 11.6 Å². The van der Waals surface area contributed by atoms with Crippen molar-refractivity contribution in [2.75, 3.05) is 19.8 Å². The van der Waals surface area contributed by atoms with E-state index in [4.69, 9.17) is 14.2 Å². The molecule has 0 atom stereocenters. The first-order chi connectivity index (χ1) is 19.6. The topological polar surface area (TPSA) is 137 Å². The lowest BCUT2D eigenvalue weighted by molar-refractivity contribution is 0.124. The number of rotatable bonds is 11. The van der Waals surface area contributed by atoms with Gasteiger partial charge in [-0.25, -0.2) is 9.78 Å². The Hall–Kier alpha value is -5.06. The minimum absolute atomic E-state index is 0.109. The number of carbonyl (C=O) groups is 1. The molecule has 2 aromatic carbocycles. The number of carbonyl (C=O) groups excluding carboxylic acids is 1. The zero-order chi connectivity index (χ0) is 27.7. The fourth-order valence-electron chi connectivity index (χ4n) is 4.11. The summed E-state index contributed by atoms with van der Waals surface area (Å²) in [6, 6.07) is 21.6. The summed E-state index contributed by atoms with van der Waals surface area (Å²) in [5.41, 5.74) is 6.17. The van der Waals surface area contributed by atoms with Gasteiger partial charge in [0.05, 0.1) is 5.52 Å². The molecule has 0 spiro atoms. The Bertz CT molecular complexity index is 1570. The molecule has 0 aliphatic carbocycles. The lowest BCUT2D eigenvalue weighted by Gasteiger charge is -2.13. The van der Waals surface area contributed by atoms with Crippen LogP contribution in [0, 0.1) is 0 Å². The van der Waals surface area contributed by atoms with Crippen LogP contribution in [0.15, 0.2) is 66.7 Å². The average Bonchev–Trinajstić information content (AvgIpc) is 3.53. The fraction of sp³-hybridized carbons (Fsp3) is 0.241. The first-order valence-electron chi connectivity index (χ1n) is 13.0. The minimum Gasteiger partial charge on any atom is -0.486 e. The zero-order valence-electron chi connectivity index (χ0n) is 22.3. The summed E-state index contributed by atoms with van der Waals surface area (Å²) in [5, 5.41) is 17.0. The molecule has 2 N–H and O–H groups in total. The lowest BCUT2D eigenvalue weighted by atomic mass is 9.98. The molecule has 0 bridgehead atoms. The Morgan fingerprint density at radius 3 is 2.50 bits per heavy atom. The van der Waals surface area contributed by atoms with Crippen molar-refractivity contribution >= 4 is 17.1 Å². The molecule has 5 aromatic rings. The maximum Gasteiger partial charge on any atom is 0.407 e. The van der Waals surface area contributed by atoms with Crippen LogP contribution < -0.4 is 14.8 Å². The van der Waals surface area contributed by atoms with E-state index in [1.165, 1.54) is 0 Å². The van der Waals surface area contributed by atoms with Crippen LogP contribution in [0.4, 0.5) is 4.79 Å². The van der Waals surface area contributed by atoms with Crippen LogP contribution in [0.25, 0.3) is 33.5 Å². The van der Waals surface area contributed by atoms with Crippen molar-refractivity contribution in [2.45, 2.75) is 26.9 Å². The summed E-state index contributed by atoms with van der Waals surface area (Å²) in [6.45, 7) is 5.00. The highest BCUT2D eigenvalue weighted by Crippen LogP contribution is 2.31. The Morgan fingerprint density at radius 2 is 1.75 bits per heavy atom. The van der Waals surface area contributed by atoms with E-state index in [9.17, 15) is 4.79 Å². The molecule has 40 heavy (non-hydrogen) atoms. The number of benzene rings is 2. The van der Waals surface area contributed by atoms with Crippen LogP contribution in [0.2, 0.25) is 0 Å². The van der Waals surface area contributed by atoms with Gasteiger partial charge < -0.3 is 19.5 Å². The van der Waals surface area contributed by atoms with Gasteiger partial charge in [0.1, 0.15) is 31.1 Å². The molecular weight excluding hydrogens is 510 g/mol. The third-order valence-electron chi connectivity index (χ3n) is 6.07. The number of aromatic amines is 1. The van der Waals surface area contributed by atoms with E-state index in [1.54, 1.807) is 6.07 Å². The van der Waals surface area contributed by atoms with E-state index in [-0.39, 0.29) is 13.2 Å². The summed E-state index contributed by atoms with van der Waals surface area (Å²) in [7, 11) is 0. The number of alkyl carbamates (subject to hydrolysis) is 1. The van der Waals surface area contributed by atoms with Gasteiger partial charge in [-0.2, -0.15) is 5.21 Å². The van der Waals surface area contributed by atoms with Crippen LogP contribution in [-0.2, 0) is 17.8 Å². The molecule has 5 rings (SSSR count). The largest absolute Gasteiger partial charge is 0.486 e. The fourth-order valence-corrected chi connectivity index (χ4v) is 4.11. The van der Waals surface area contributed by atoms with Crippen molar-refractivity contribution in [1.29, 1.82) is 0 Å². The van der Waals surface area contributed by atoms with Crippen LogP contribution in [0.1, 0.15) is 25.1 Å². The van der Waals surface area contributed by atoms with Gasteiger partial charge in [-0.3, -0.25) is 4.98 Å². The smallest absolute Gasteiger partial charge is 0.407 e. The number of H-pyrrole nitrogens is 1. The molecule has 1 amide bonds. The number of amides is 1. The standard InChI is InChI=1S/C29H29N7O4/c1-3-21-17-25(27-24(31-21)13-14-26(32-27)38-15-16-39-29(37)30-4-2)40-18-19-9-11-20(12-10-19)22-7-5-6-8-23(22)28-33-35-36-34-28/h5-14,17H,3-4,15-16,18H2,1-2H3,(H,30,37)(H,33,34,35,36). The summed E-state index contributed by atoms with van der Waals surface area (Å²) in [6.07, 6.45) is 0.282. The summed E-state index contributed by atoms with van der Waals surface area (Å²) >= 11 is 0. The summed E-state index contributed by atoms with van der Waals surface area (Å²) in [4.78, 5) is 20.7. The first kappa shape index (κ1) is 26.5. The number of pyridine rings is 2. The monoisotopic (exact) mass is 539 g/mol. The van der Waals surface area contributed by atoms with Gasteiger partial charge in [0.25, 0.3) is 0 Å². The number of aromatic nitrogens is 6. The number of aryl methyl sites for hydroxylation is 1. The van der Waals surface area contributed by atoms with Crippen molar-refractivity contribution in [3.05, 3.63) is 78.0 Å². The Kier molecular flexibility index (Phi) is 8.40. The predicted molar refractivity (Wildman–Crippen MR) is 149 cm³/mol. The molecule has 0 aliphatic heterocycles. The molecular formula is C29H29N7O4. The maximum absolute atomic E-state index is 11.4. The molecule has 0 radical (unpaired) electrons. The molecule has 11 nitrogen and oxygen atoms in total. The lowest BCUT2D eigenvalue weighted by Crippen LogP contribution is -2.25. The number of tetrazole rings is 1. The molecule has 0 fully saturated rings. The molecule has 3 heterocycles. The van der Waals surface area contributed by atoms with Gasteiger partial charge in [0.15, 0.2) is 0 Å². The van der Waals surface area contributed by atoms with Gasteiger partial charge >= 0.3 is 6.09 Å². The second-order valence-electron chi connectivity index (χ2n) is 8.76. The Morgan fingerprint density at radius 1 is 0.925 bits per heavy atom. The molecule has 0 saturated carbocycles. The number of hydrogen-bond acceptors (Lipinski definition) is 9. The van der Waals surface area contributed by atoms with Crippen LogP contribution >= 0.6 is 0 Å². The summed E-state index contributed by atoms with van der Waals surface area (Å²) in [5.74, 6) is 1.56. The normalized spacial score (nSPS) is 10.8. The highest BCUT2D eigenvalue weighted by Gasteiger charge is 2.13. The van der Waals surface area contributed by atoms with E-state index < -0.39 is 6.09 Å². The number of hydrogen-bond donors (Lipinski definition) is 2. The second kappa shape index (κ2) is 12.7. The first-order valence-corrected chi connectivity index (χ1v) is 13.0. The van der Waals surface area contributed by atoms with E-state index >= 15 is 0 Å². The number of ether oxygens (including phenoxy) is 3. The van der Waals surface area contributed by atoms with Crippen molar-refractivity contribution in [3.8, 4) is 34.1 Å². The van der Waals surface area contributed by atoms with E-state index in [0.717, 1.165) is 34.4 Å². The molecule has 0 saturated heterocycles. The third-order valence-corrected chi connectivity index (χ3v) is 6.07. The highest BCUT2D eigenvalue weighted by molar-refractivity contribution is 5.82. The molecule has 0 unspecified atom stereocenters. The quantitative estimate of drug-likeness (QED) is 0.228. The van der Waals surface area contributed by atoms with Gasteiger partial charge in [0.2, 0.25) is 11.7 Å². The molecule has 0 aliphatic rings. The summed E-state index contributed by atoms with van der Waals surface area (Å²) < 4.78 is 17.0. The average molecular weight is 540 g/mol. The van der Waals surface area contributed by atoms with Gasteiger partial charge in [-0.15, -0.1) is 10.2 Å². The number of nitrogens with zero attached hydrogens (tertiary/aromatic N) is 5. The van der Waals surface area contributed by atoms with E-state index in [1.807, 2.05) is 74.5 Å². The molecule has 11 heteroatoms. The minimum atomic E-state index is -0.478. The van der Waals surface area contributed by atoms with Crippen LogP contribution in [-0.4, -0.2) is 56.4 Å². The van der Waals surface area contributed by atoms with Crippen molar-refractivity contribution in [1.82, 2.24) is 35.9 Å². The maximum atomic E-state index is 11.4. The van der Waals surface area contributed by atoms with Gasteiger partial charge in [-0.1, -0.05) is 55.5 Å². The predicted octanol–water partition coefficient (Wildman–Crippen LogP) is 4.74. The van der Waals surface area contributed by atoms with Gasteiger partial charge in [-0.05, 0) is 41.3 Å². The Balaban J connectivity index is 1.30. The Labute approximate surface area is 230 Å². The van der Waals surface area contributed by atoms with Gasteiger partial charge in [0, 0.05) is 29.9 Å². The molecule has 204 valence electrons. The van der Waals surface area contributed by atoms with E-state index in [0.29, 0.717) is 41.6 Å². The SMILES string of the molecule is CCNC(=O)OCCOc1ccc2nc(CC)cc(OCc3ccc(-c4ccccc4-c4nn[nH]n4)cc3)c2n1. The van der Waals surface area contributed by atoms with Crippen molar-refractivity contribution in [2.24, 2.45) is 0 Å². The number of nitrogens with one attached hydrogen (secondary N) is 2. The zero-order valence-corrected chi connectivity index (χ0v) is 22.3. The van der Waals surface area contributed by atoms with E-state index in [2.05, 4.69) is 35.9 Å².